The molecule has 0 aliphatic carbocycles. The van der Waals surface area contributed by atoms with Crippen molar-refractivity contribution in [1.29, 1.82) is 0 Å². The van der Waals surface area contributed by atoms with Crippen LogP contribution in [0.5, 0.6) is 0 Å². The number of anilines is 1. The Labute approximate surface area is 156 Å². The van der Waals surface area contributed by atoms with Gasteiger partial charge in [0.05, 0.1) is 17.3 Å². The summed E-state index contributed by atoms with van der Waals surface area (Å²) in [5.41, 5.74) is 1.89. The number of hydrogen-bond acceptors (Lipinski definition) is 2. The highest BCUT2D eigenvalue weighted by atomic mass is 79.9. The maximum atomic E-state index is 12.6. The molecule has 132 valence electrons. The quantitative estimate of drug-likeness (QED) is 0.688. The topological polar surface area (TPSA) is 70.2 Å². The van der Waals surface area contributed by atoms with Crippen LogP contribution in [0, 0.1) is 0 Å². The molecule has 2 rings (SSSR count). The molecular weight excluding hydrogens is 382 g/mol. The first-order valence-corrected chi connectivity index (χ1v) is 8.89. The summed E-state index contributed by atoms with van der Waals surface area (Å²) in [5, 5.41) is 8.43. The molecule has 0 radical (unpaired) electrons. The molecular formula is C19H22BrN3O2. The molecule has 0 aliphatic heterocycles. The first kappa shape index (κ1) is 19.0. The zero-order valence-corrected chi connectivity index (χ0v) is 16.1. The third-order valence-corrected chi connectivity index (χ3v) is 4.09. The molecule has 0 fully saturated rings. The van der Waals surface area contributed by atoms with Crippen molar-refractivity contribution in [2.45, 2.75) is 32.9 Å². The minimum absolute atomic E-state index is 0.0124. The second kappa shape index (κ2) is 8.67. The number of carbonyl (C=O) groups excluding carboxylic acids is 2. The van der Waals surface area contributed by atoms with Crippen LogP contribution in [-0.2, 0) is 0 Å². The molecule has 25 heavy (non-hydrogen) atoms. The summed E-state index contributed by atoms with van der Waals surface area (Å²) in [6.07, 6.45) is 0. The van der Waals surface area contributed by atoms with Gasteiger partial charge in [-0.2, -0.15) is 0 Å². The number of halogens is 1. The number of rotatable bonds is 5. The van der Waals surface area contributed by atoms with Crippen LogP contribution >= 0.6 is 15.9 Å². The summed E-state index contributed by atoms with van der Waals surface area (Å²) in [4.78, 5) is 24.5. The number of hydrogen-bond donors (Lipinski definition) is 3. The van der Waals surface area contributed by atoms with Crippen molar-refractivity contribution in [3.8, 4) is 0 Å². The molecule has 0 saturated carbocycles. The largest absolute Gasteiger partial charge is 0.345 e. The Morgan fingerprint density at radius 2 is 1.56 bits per heavy atom. The Hall–Kier alpha value is -2.34. The van der Waals surface area contributed by atoms with E-state index in [-0.39, 0.29) is 24.0 Å². The maximum absolute atomic E-state index is 12.6. The van der Waals surface area contributed by atoms with Crippen LogP contribution in [0.25, 0.3) is 0 Å². The number of para-hydroxylation sites is 1. The van der Waals surface area contributed by atoms with E-state index in [4.69, 9.17) is 0 Å². The Balaban J connectivity index is 2.11. The summed E-state index contributed by atoms with van der Waals surface area (Å²) < 4.78 is 0.987. The average molecular weight is 404 g/mol. The van der Waals surface area contributed by atoms with Crippen molar-refractivity contribution in [3.63, 3.8) is 0 Å². The molecule has 3 amide bonds. The molecule has 0 saturated heterocycles. The highest BCUT2D eigenvalue weighted by Gasteiger charge is 2.16. The van der Waals surface area contributed by atoms with E-state index in [0.717, 1.165) is 10.0 Å². The first-order valence-electron chi connectivity index (χ1n) is 8.09. The zero-order valence-electron chi connectivity index (χ0n) is 14.5. The number of nitrogens with one attached hydrogen (secondary N) is 3. The zero-order chi connectivity index (χ0) is 18.4. The molecule has 1 atom stereocenters. The molecule has 3 N–H and O–H groups in total. The Kier molecular flexibility index (Phi) is 6.58. The minimum atomic E-state index is -0.337. The van der Waals surface area contributed by atoms with Crippen molar-refractivity contribution < 1.29 is 9.59 Å². The predicted octanol–water partition coefficient (Wildman–Crippen LogP) is 4.47. The summed E-state index contributed by atoms with van der Waals surface area (Å²) in [5.74, 6) is -0.240. The van der Waals surface area contributed by atoms with Crippen molar-refractivity contribution in [1.82, 2.24) is 10.6 Å². The van der Waals surface area contributed by atoms with Crippen molar-refractivity contribution in [3.05, 3.63) is 64.1 Å². The molecule has 0 aromatic heterocycles. The van der Waals surface area contributed by atoms with E-state index in [2.05, 4.69) is 31.9 Å². The van der Waals surface area contributed by atoms with E-state index >= 15 is 0 Å². The highest BCUT2D eigenvalue weighted by molar-refractivity contribution is 9.10. The minimum Gasteiger partial charge on any atom is -0.345 e. The molecule has 2 aromatic carbocycles. The van der Waals surface area contributed by atoms with E-state index in [1.54, 1.807) is 24.3 Å². The lowest BCUT2D eigenvalue weighted by molar-refractivity contribution is 0.0941. The summed E-state index contributed by atoms with van der Waals surface area (Å²) in [7, 11) is 0. The summed E-state index contributed by atoms with van der Waals surface area (Å²) in [6.45, 7) is 5.67. The fraction of sp³-hybridized carbons (Fsp3) is 0.263. The number of carbonyl (C=O) groups is 2. The van der Waals surface area contributed by atoms with Gasteiger partial charge in [-0.15, -0.1) is 0 Å². The molecule has 2 aromatic rings. The van der Waals surface area contributed by atoms with Gasteiger partial charge in [-0.3, -0.25) is 4.79 Å². The molecule has 6 heteroatoms. The second-order valence-electron chi connectivity index (χ2n) is 6.05. The third kappa shape index (κ3) is 5.60. The summed E-state index contributed by atoms with van der Waals surface area (Å²) >= 11 is 3.40. The van der Waals surface area contributed by atoms with Gasteiger partial charge in [0.2, 0.25) is 0 Å². The lowest BCUT2D eigenvalue weighted by Gasteiger charge is -2.17. The van der Waals surface area contributed by atoms with Crippen molar-refractivity contribution in [2.75, 3.05) is 5.32 Å². The molecule has 0 aliphatic rings. The van der Waals surface area contributed by atoms with Gasteiger partial charge >= 0.3 is 6.03 Å². The first-order chi connectivity index (χ1) is 11.9. The lowest BCUT2D eigenvalue weighted by Crippen LogP contribution is -2.35. The fourth-order valence-corrected chi connectivity index (χ4v) is 2.58. The van der Waals surface area contributed by atoms with Gasteiger partial charge in [-0.05, 0) is 50.6 Å². The summed E-state index contributed by atoms with van der Waals surface area (Å²) in [6, 6.07) is 14.2. The van der Waals surface area contributed by atoms with Gasteiger partial charge in [0.15, 0.2) is 0 Å². The van der Waals surface area contributed by atoms with Crippen LogP contribution in [0.2, 0.25) is 0 Å². The molecule has 5 nitrogen and oxygen atoms in total. The maximum Gasteiger partial charge on any atom is 0.319 e. The van der Waals surface area contributed by atoms with Gasteiger partial charge in [-0.1, -0.05) is 40.2 Å². The number of urea groups is 1. The Morgan fingerprint density at radius 3 is 2.20 bits per heavy atom. The van der Waals surface area contributed by atoms with Crippen LogP contribution in [-0.4, -0.2) is 18.0 Å². The van der Waals surface area contributed by atoms with Crippen molar-refractivity contribution >= 4 is 33.6 Å². The SMILES string of the molecule is CC(C)NC(=O)Nc1ccccc1C(=O)NC(C)c1ccc(Br)cc1. The van der Waals surface area contributed by atoms with Gasteiger partial charge in [-0.25, -0.2) is 4.79 Å². The van der Waals surface area contributed by atoms with Gasteiger partial charge in [0.25, 0.3) is 5.91 Å². The van der Waals surface area contributed by atoms with Gasteiger partial charge < -0.3 is 16.0 Å². The normalized spacial score (nSPS) is 11.7. The average Bonchev–Trinajstić information content (AvgIpc) is 2.55. The smallest absolute Gasteiger partial charge is 0.319 e. The Morgan fingerprint density at radius 1 is 0.920 bits per heavy atom. The molecule has 0 heterocycles. The molecule has 1 unspecified atom stereocenters. The monoisotopic (exact) mass is 403 g/mol. The van der Waals surface area contributed by atoms with E-state index in [0.29, 0.717) is 11.3 Å². The van der Waals surface area contributed by atoms with Crippen LogP contribution < -0.4 is 16.0 Å². The second-order valence-corrected chi connectivity index (χ2v) is 6.96. The van der Waals surface area contributed by atoms with E-state index < -0.39 is 0 Å². The highest BCUT2D eigenvalue weighted by Crippen LogP contribution is 2.19. The van der Waals surface area contributed by atoms with Crippen LogP contribution in [0.3, 0.4) is 0 Å². The standard InChI is InChI=1S/C19H22BrN3O2/c1-12(2)21-19(25)23-17-7-5-4-6-16(17)18(24)22-13(3)14-8-10-15(20)11-9-14/h4-13H,1-3H3,(H,22,24)(H2,21,23,25). The van der Waals surface area contributed by atoms with E-state index in [1.165, 1.54) is 0 Å². The number of amides is 3. The molecule has 0 bridgehead atoms. The van der Waals surface area contributed by atoms with Gasteiger partial charge in [0.1, 0.15) is 0 Å². The number of benzene rings is 2. The van der Waals surface area contributed by atoms with Crippen LogP contribution in [0.1, 0.15) is 42.7 Å². The van der Waals surface area contributed by atoms with Crippen molar-refractivity contribution in [2.24, 2.45) is 0 Å². The molecule has 0 spiro atoms. The van der Waals surface area contributed by atoms with Crippen LogP contribution in [0.15, 0.2) is 53.0 Å². The van der Waals surface area contributed by atoms with Gasteiger partial charge in [0, 0.05) is 10.5 Å². The predicted molar refractivity (Wildman–Crippen MR) is 104 cm³/mol. The van der Waals surface area contributed by atoms with Crippen LogP contribution in [0.4, 0.5) is 10.5 Å². The lowest BCUT2D eigenvalue weighted by atomic mass is 10.1. The van der Waals surface area contributed by atoms with E-state index in [9.17, 15) is 9.59 Å². The van der Waals surface area contributed by atoms with E-state index in [1.807, 2.05) is 45.0 Å². The fourth-order valence-electron chi connectivity index (χ4n) is 2.32. The third-order valence-electron chi connectivity index (χ3n) is 3.56. The Bertz CT molecular complexity index is 745.